The molecule has 8 heteroatoms. The van der Waals surface area contributed by atoms with Gasteiger partial charge in [0.15, 0.2) is 11.6 Å². The number of piperidine rings is 1. The van der Waals surface area contributed by atoms with Crippen LogP contribution in [0.15, 0.2) is 34.9 Å². The van der Waals surface area contributed by atoms with Crippen LogP contribution in [0, 0.1) is 0 Å². The molecular weight excluding hydrogens is 368 g/mol. The first-order valence-electron chi connectivity index (χ1n) is 10.1. The van der Waals surface area contributed by atoms with Gasteiger partial charge in [-0.25, -0.2) is 9.97 Å². The number of aromatic nitrogens is 4. The molecule has 1 aliphatic carbocycles. The largest absolute Gasteiger partial charge is 0.465 e. The molecule has 0 aromatic carbocycles. The predicted octanol–water partition coefficient (Wildman–Crippen LogP) is 3.55. The molecule has 1 saturated heterocycles. The lowest BCUT2D eigenvalue weighted by atomic mass is 10.1. The Morgan fingerprint density at radius 3 is 2.72 bits per heavy atom. The van der Waals surface area contributed by atoms with Crippen LogP contribution in [0.5, 0.6) is 0 Å². The lowest BCUT2D eigenvalue weighted by molar-refractivity contribution is 0.145. The minimum Gasteiger partial charge on any atom is -0.465 e. The van der Waals surface area contributed by atoms with Gasteiger partial charge in [-0.05, 0) is 50.0 Å². The third kappa shape index (κ3) is 4.32. The molecule has 0 bridgehead atoms. The number of anilines is 3. The Kier molecular flexibility index (Phi) is 4.77. The monoisotopic (exact) mass is 392 g/mol. The number of rotatable bonds is 6. The van der Waals surface area contributed by atoms with E-state index in [1.54, 1.807) is 6.26 Å². The van der Waals surface area contributed by atoms with Crippen LogP contribution in [0.4, 0.5) is 17.5 Å². The van der Waals surface area contributed by atoms with Crippen molar-refractivity contribution in [1.29, 1.82) is 0 Å². The summed E-state index contributed by atoms with van der Waals surface area (Å²) in [7, 11) is 0. The number of H-pyrrole nitrogens is 1. The van der Waals surface area contributed by atoms with Crippen LogP contribution in [0.25, 0.3) is 12.2 Å². The molecule has 2 fully saturated rings. The minimum atomic E-state index is -0.228. The van der Waals surface area contributed by atoms with Gasteiger partial charge in [0.05, 0.1) is 12.4 Å². The first kappa shape index (κ1) is 17.9. The Hall–Kier alpha value is -3.13. The number of hydrogen-bond acceptors (Lipinski definition) is 7. The Labute approximate surface area is 168 Å². The third-order valence-electron chi connectivity index (χ3n) is 5.33. The van der Waals surface area contributed by atoms with Crippen molar-refractivity contribution in [1.82, 2.24) is 20.2 Å². The molecule has 0 spiro atoms. The highest BCUT2D eigenvalue weighted by Crippen LogP contribution is 2.39. The average molecular weight is 392 g/mol. The molecular formula is C21H24N6O2. The highest BCUT2D eigenvalue weighted by Gasteiger charge is 2.25. The van der Waals surface area contributed by atoms with Gasteiger partial charge in [-0.1, -0.05) is 0 Å². The van der Waals surface area contributed by atoms with E-state index in [1.807, 2.05) is 30.4 Å². The lowest BCUT2D eigenvalue weighted by Crippen LogP contribution is -2.36. The van der Waals surface area contributed by atoms with E-state index in [4.69, 9.17) is 9.40 Å². The molecule has 0 radical (unpaired) electrons. The number of aliphatic hydroxyl groups is 1. The zero-order chi connectivity index (χ0) is 19.6. The standard InChI is InChI=1S/C21H24N6O2/c28-15-7-9-27(10-8-15)21-13-19(23-20-12-17(25-26-20)14-3-4-14)22-18(24-21)6-5-16-2-1-11-29-16/h1-2,5-6,11-15,28H,3-4,7-10H2,(H2,22,23,24,25,26). The fourth-order valence-electron chi connectivity index (χ4n) is 3.53. The van der Waals surface area contributed by atoms with Gasteiger partial charge in [-0.15, -0.1) is 0 Å². The second-order valence-corrected chi connectivity index (χ2v) is 7.64. The maximum atomic E-state index is 9.81. The number of aromatic amines is 1. The van der Waals surface area contributed by atoms with E-state index in [1.165, 1.54) is 18.5 Å². The second-order valence-electron chi connectivity index (χ2n) is 7.64. The quantitative estimate of drug-likeness (QED) is 0.589. The van der Waals surface area contributed by atoms with Gasteiger partial charge < -0.3 is 19.7 Å². The molecule has 3 aromatic heterocycles. The van der Waals surface area contributed by atoms with Gasteiger partial charge in [0.2, 0.25) is 0 Å². The highest BCUT2D eigenvalue weighted by molar-refractivity contribution is 5.67. The van der Waals surface area contributed by atoms with Crippen LogP contribution >= 0.6 is 0 Å². The number of nitrogens with one attached hydrogen (secondary N) is 2. The molecule has 0 amide bonds. The zero-order valence-electron chi connectivity index (χ0n) is 16.1. The van der Waals surface area contributed by atoms with E-state index in [0.29, 0.717) is 17.6 Å². The number of hydrogen-bond donors (Lipinski definition) is 3. The molecule has 0 atom stereocenters. The number of nitrogens with zero attached hydrogens (tertiary/aromatic N) is 4. The Morgan fingerprint density at radius 1 is 1.10 bits per heavy atom. The fourth-order valence-corrected chi connectivity index (χ4v) is 3.53. The number of furan rings is 1. The van der Waals surface area contributed by atoms with Crippen molar-refractivity contribution in [3.05, 3.63) is 47.8 Å². The maximum Gasteiger partial charge on any atom is 0.156 e. The summed E-state index contributed by atoms with van der Waals surface area (Å²) in [6.45, 7) is 1.54. The van der Waals surface area contributed by atoms with Crippen molar-refractivity contribution in [3.8, 4) is 0 Å². The van der Waals surface area contributed by atoms with Gasteiger partial charge in [0.25, 0.3) is 0 Å². The molecule has 3 N–H and O–H groups in total. The Morgan fingerprint density at radius 2 is 1.97 bits per heavy atom. The molecule has 4 heterocycles. The van der Waals surface area contributed by atoms with Gasteiger partial charge in [0.1, 0.15) is 17.4 Å². The molecule has 0 unspecified atom stereocenters. The molecule has 2 aliphatic rings. The lowest BCUT2D eigenvalue weighted by Gasteiger charge is -2.30. The van der Waals surface area contributed by atoms with Crippen LogP contribution in [-0.2, 0) is 0 Å². The SMILES string of the molecule is OC1CCN(c2cc(Nc3cc(C4CC4)[nH]n3)nc(C=Cc3ccco3)n2)CC1. The minimum absolute atomic E-state index is 0.228. The molecule has 29 heavy (non-hydrogen) atoms. The van der Waals surface area contributed by atoms with Gasteiger partial charge in [0, 0.05) is 36.8 Å². The summed E-state index contributed by atoms with van der Waals surface area (Å²) in [5, 5.41) is 20.6. The van der Waals surface area contributed by atoms with Crippen molar-refractivity contribution in [2.45, 2.75) is 37.7 Å². The summed E-state index contributed by atoms with van der Waals surface area (Å²) in [5.41, 5.74) is 1.17. The smallest absolute Gasteiger partial charge is 0.156 e. The van der Waals surface area contributed by atoms with Crippen LogP contribution in [0.3, 0.4) is 0 Å². The summed E-state index contributed by atoms with van der Waals surface area (Å²) < 4.78 is 5.36. The van der Waals surface area contributed by atoms with E-state index in [0.717, 1.165) is 43.3 Å². The summed E-state index contributed by atoms with van der Waals surface area (Å²) in [4.78, 5) is 11.5. The maximum absolute atomic E-state index is 9.81. The summed E-state index contributed by atoms with van der Waals surface area (Å²) in [5.74, 6) is 4.24. The zero-order valence-corrected chi connectivity index (χ0v) is 16.1. The van der Waals surface area contributed by atoms with Crippen LogP contribution in [0.2, 0.25) is 0 Å². The molecule has 8 nitrogen and oxygen atoms in total. The van der Waals surface area contributed by atoms with Crippen molar-refractivity contribution < 1.29 is 9.52 Å². The molecule has 1 saturated carbocycles. The van der Waals surface area contributed by atoms with Gasteiger partial charge in [-0.2, -0.15) is 5.10 Å². The van der Waals surface area contributed by atoms with Crippen molar-refractivity contribution in [3.63, 3.8) is 0 Å². The molecule has 3 aromatic rings. The summed E-state index contributed by atoms with van der Waals surface area (Å²) in [6.07, 6.45) is 9.04. The van der Waals surface area contributed by atoms with Gasteiger partial charge >= 0.3 is 0 Å². The Balaban J connectivity index is 1.41. The first-order valence-corrected chi connectivity index (χ1v) is 10.1. The molecule has 5 rings (SSSR count). The second kappa shape index (κ2) is 7.71. The van der Waals surface area contributed by atoms with Crippen molar-refractivity contribution >= 4 is 29.6 Å². The summed E-state index contributed by atoms with van der Waals surface area (Å²) in [6, 6.07) is 7.72. The molecule has 150 valence electrons. The van der Waals surface area contributed by atoms with Gasteiger partial charge in [-0.3, -0.25) is 5.10 Å². The van der Waals surface area contributed by atoms with E-state index in [9.17, 15) is 5.11 Å². The highest BCUT2D eigenvalue weighted by atomic mass is 16.3. The van der Waals surface area contributed by atoms with E-state index < -0.39 is 0 Å². The topological polar surface area (TPSA) is 103 Å². The van der Waals surface area contributed by atoms with Crippen LogP contribution in [-0.4, -0.2) is 44.5 Å². The fraction of sp³-hybridized carbons (Fsp3) is 0.381. The van der Waals surface area contributed by atoms with Crippen molar-refractivity contribution in [2.24, 2.45) is 0 Å². The van der Waals surface area contributed by atoms with Crippen LogP contribution < -0.4 is 10.2 Å². The number of aliphatic hydroxyl groups excluding tert-OH is 1. The first-order chi connectivity index (χ1) is 14.2. The third-order valence-corrected chi connectivity index (χ3v) is 5.33. The van der Waals surface area contributed by atoms with Crippen molar-refractivity contribution in [2.75, 3.05) is 23.3 Å². The predicted molar refractivity (Wildman–Crippen MR) is 111 cm³/mol. The molecule has 1 aliphatic heterocycles. The average Bonchev–Trinajstić information content (AvgIpc) is 3.24. The normalized spacial score (nSPS) is 17.9. The summed E-state index contributed by atoms with van der Waals surface area (Å²) >= 11 is 0. The van der Waals surface area contributed by atoms with Crippen LogP contribution in [0.1, 0.15) is 48.9 Å². The van der Waals surface area contributed by atoms with E-state index in [2.05, 4.69) is 31.5 Å². The van der Waals surface area contributed by atoms with E-state index in [-0.39, 0.29) is 6.10 Å². The Bertz CT molecular complexity index is 985. The van der Waals surface area contributed by atoms with E-state index >= 15 is 0 Å².